The van der Waals surface area contributed by atoms with Gasteiger partial charge < -0.3 is 14.3 Å². The standard InChI is InChI=1S/C19H16N4O3S/c1-12-11-16(23-26-12)21-17(24)8-10-27-19-13-5-2-3-6-14(13)20-18(22-19)15-7-4-9-25-15/h2-7,9,11H,8,10H2,1H3,(H,21,23,24). The van der Waals surface area contributed by atoms with Gasteiger partial charge in [-0.1, -0.05) is 23.4 Å². The normalized spacial score (nSPS) is 11.0. The van der Waals surface area contributed by atoms with Gasteiger partial charge in [-0.15, -0.1) is 11.8 Å². The molecule has 0 aliphatic carbocycles. The van der Waals surface area contributed by atoms with E-state index in [1.165, 1.54) is 11.8 Å². The van der Waals surface area contributed by atoms with Gasteiger partial charge in [0, 0.05) is 23.6 Å². The lowest BCUT2D eigenvalue weighted by Gasteiger charge is -2.07. The molecule has 0 bridgehead atoms. The van der Waals surface area contributed by atoms with E-state index in [0.29, 0.717) is 35.3 Å². The Bertz CT molecular complexity index is 1080. The zero-order valence-electron chi connectivity index (χ0n) is 14.5. The minimum absolute atomic E-state index is 0.125. The third-order valence-electron chi connectivity index (χ3n) is 3.77. The lowest BCUT2D eigenvalue weighted by Crippen LogP contribution is -2.12. The highest BCUT2D eigenvalue weighted by atomic mass is 32.2. The van der Waals surface area contributed by atoms with E-state index in [-0.39, 0.29) is 5.91 Å². The summed E-state index contributed by atoms with van der Waals surface area (Å²) in [7, 11) is 0. The Balaban J connectivity index is 1.48. The van der Waals surface area contributed by atoms with Crippen molar-refractivity contribution in [1.29, 1.82) is 0 Å². The number of nitrogens with zero attached hydrogens (tertiary/aromatic N) is 3. The Kier molecular flexibility index (Phi) is 4.88. The van der Waals surface area contributed by atoms with Crippen LogP contribution in [0.25, 0.3) is 22.5 Å². The third kappa shape index (κ3) is 4.01. The summed E-state index contributed by atoms with van der Waals surface area (Å²) in [6.07, 6.45) is 1.92. The topological polar surface area (TPSA) is 94.1 Å². The molecular formula is C19H16N4O3S. The lowest BCUT2D eigenvalue weighted by molar-refractivity contribution is -0.115. The monoisotopic (exact) mass is 380 g/mol. The Labute approximate surface area is 159 Å². The summed E-state index contributed by atoms with van der Waals surface area (Å²) in [5, 5.41) is 8.24. The molecule has 0 fully saturated rings. The van der Waals surface area contributed by atoms with Gasteiger partial charge in [-0.25, -0.2) is 9.97 Å². The number of nitrogens with one attached hydrogen (secondary N) is 1. The van der Waals surface area contributed by atoms with E-state index in [1.54, 1.807) is 25.3 Å². The number of hydrogen-bond donors (Lipinski definition) is 1. The molecule has 0 atom stereocenters. The Morgan fingerprint density at radius 3 is 2.85 bits per heavy atom. The number of aromatic nitrogens is 3. The summed E-state index contributed by atoms with van der Waals surface area (Å²) < 4.78 is 10.4. The van der Waals surface area contributed by atoms with Crippen molar-refractivity contribution in [2.75, 3.05) is 11.1 Å². The smallest absolute Gasteiger partial charge is 0.226 e. The van der Waals surface area contributed by atoms with Gasteiger partial charge in [0.1, 0.15) is 10.8 Å². The van der Waals surface area contributed by atoms with Crippen LogP contribution in [-0.2, 0) is 4.79 Å². The van der Waals surface area contributed by atoms with Gasteiger partial charge in [-0.2, -0.15) is 0 Å². The highest BCUT2D eigenvalue weighted by molar-refractivity contribution is 7.99. The molecule has 136 valence electrons. The van der Waals surface area contributed by atoms with Gasteiger partial charge in [0.05, 0.1) is 11.8 Å². The Morgan fingerprint density at radius 2 is 2.07 bits per heavy atom. The average Bonchev–Trinajstić information content (AvgIpc) is 3.33. The van der Waals surface area contributed by atoms with Crippen LogP contribution in [-0.4, -0.2) is 26.8 Å². The number of rotatable bonds is 6. The molecule has 0 saturated heterocycles. The summed E-state index contributed by atoms with van der Waals surface area (Å²) in [4.78, 5) is 21.3. The van der Waals surface area contributed by atoms with Gasteiger partial charge in [0.25, 0.3) is 0 Å². The molecule has 8 heteroatoms. The molecule has 0 unspecified atom stereocenters. The molecule has 27 heavy (non-hydrogen) atoms. The van der Waals surface area contributed by atoms with Crippen molar-refractivity contribution in [3.8, 4) is 11.6 Å². The third-order valence-corrected chi connectivity index (χ3v) is 4.77. The first-order valence-electron chi connectivity index (χ1n) is 8.36. The molecule has 4 aromatic rings. The van der Waals surface area contributed by atoms with Crippen molar-refractivity contribution in [3.63, 3.8) is 0 Å². The molecule has 0 radical (unpaired) electrons. The second-order valence-electron chi connectivity index (χ2n) is 5.82. The minimum atomic E-state index is -0.125. The van der Waals surface area contributed by atoms with Gasteiger partial charge >= 0.3 is 0 Å². The van der Waals surface area contributed by atoms with Crippen LogP contribution >= 0.6 is 11.8 Å². The number of amides is 1. The summed E-state index contributed by atoms with van der Waals surface area (Å²) in [5.41, 5.74) is 0.837. The Morgan fingerprint density at radius 1 is 1.19 bits per heavy atom. The van der Waals surface area contributed by atoms with Crippen LogP contribution in [0.2, 0.25) is 0 Å². The number of carbonyl (C=O) groups excluding carboxylic acids is 1. The van der Waals surface area contributed by atoms with E-state index >= 15 is 0 Å². The van der Waals surface area contributed by atoms with Crippen molar-refractivity contribution in [1.82, 2.24) is 15.1 Å². The van der Waals surface area contributed by atoms with E-state index in [2.05, 4.69) is 20.4 Å². The fourth-order valence-electron chi connectivity index (χ4n) is 2.54. The number of hydrogen-bond acceptors (Lipinski definition) is 7. The molecule has 3 aromatic heterocycles. The number of benzene rings is 1. The van der Waals surface area contributed by atoms with E-state index < -0.39 is 0 Å². The molecule has 7 nitrogen and oxygen atoms in total. The summed E-state index contributed by atoms with van der Waals surface area (Å²) in [6, 6.07) is 13.1. The first-order valence-corrected chi connectivity index (χ1v) is 9.34. The van der Waals surface area contributed by atoms with E-state index in [9.17, 15) is 4.79 Å². The van der Waals surface area contributed by atoms with Crippen LogP contribution in [0.1, 0.15) is 12.2 Å². The van der Waals surface area contributed by atoms with E-state index in [4.69, 9.17) is 8.94 Å². The van der Waals surface area contributed by atoms with Crippen molar-refractivity contribution in [2.24, 2.45) is 0 Å². The average molecular weight is 380 g/mol. The predicted molar refractivity (Wildman–Crippen MR) is 102 cm³/mol. The second-order valence-corrected chi connectivity index (χ2v) is 6.90. The number of para-hydroxylation sites is 1. The predicted octanol–water partition coefficient (Wildman–Crippen LogP) is 4.31. The molecule has 0 aliphatic heterocycles. The first-order chi connectivity index (χ1) is 13.2. The van der Waals surface area contributed by atoms with Gasteiger partial charge in [-0.05, 0) is 25.1 Å². The number of anilines is 1. The van der Waals surface area contributed by atoms with Gasteiger partial charge in [-0.3, -0.25) is 4.79 Å². The summed E-state index contributed by atoms with van der Waals surface area (Å²) in [5.74, 6) is 2.67. The number of carbonyl (C=O) groups is 1. The number of aryl methyl sites for hydroxylation is 1. The zero-order chi connectivity index (χ0) is 18.6. The van der Waals surface area contributed by atoms with Crippen molar-refractivity contribution in [2.45, 2.75) is 18.4 Å². The van der Waals surface area contributed by atoms with E-state index in [1.807, 2.05) is 30.3 Å². The quantitative estimate of drug-likeness (QED) is 0.393. The molecule has 0 aliphatic rings. The second kappa shape index (κ2) is 7.63. The highest BCUT2D eigenvalue weighted by Gasteiger charge is 2.12. The summed E-state index contributed by atoms with van der Waals surface area (Å²) >= 11 is 1.51. The highest BCUT2D eigenvalue weighted by Crippen LogP contribution is 2.29. The van der Waals surface area contributed by atoms with Crippen LogP contribution in [0.5, 0.6) is 0 Å². The molecule has 0 saturated carbocycles. The van der Waals surface area contributed by atoms with Crippen molar-refractivity contribution in [3.05, 3.63) is 54.5 Å². The van der Waals surface area contributed by atoms with Gasteiger partial charge in [0.15, 0.2) is 17.4 Å². The van der Waals surface area contributed by atoms with Crippen LogP contribution < -0.4 is 5.32 Å². The first kappa shape index (κ1) is 17.3. The molecule has 4 rings (SSSR count). The fraction of sp³-hybridized carbons (Fsp3) is 0.158. The Hall–Kier alpha value is -3.13. The van der Waals surface area contributed by atoms with Gasteiger partial charge in [0.2, 0.25) is 5.91 Å². The lowest BCUT2D eigenvalue weighted by atomic mass is 10.2. The number of thioether (sulfide) groups is 1. The molecule has 3 heterocycles. The van der Waals surface area contributed by atoms with Crippen molar-refractivity contribution >= 4 is 34.4 Å². The molecule has 0 spiro atoms. The van der Waals surface area contributed by atoms with Crippen LogP contribution in [0.3, 0.4) is 0 Å². The van der Waals surface area contributed by atoms with Crippen LogP contribution in [0.4, 0.5) is 5.82 Å². The SMILES string of the molecule is Cc1cc(NC(=O)CCSc2nc(-c3ccco3)nc3ccccc23)no1. The largest absolute Gasteiger partial charge is 0.461 e. The van der Waals surface area contributed by atoms with E-state index in [0.717, 1.165) is 15.9 Å². The maximum absolute atomic E-state index is 12.1. The van der Waals surface area contributed by atoms with Crippen LogP contribution in [0.15, 0.2) is 62.7 Å². The summed E-state index contributed by atoms with van der Waals surface area (Å²) in [6.45, 7) is 1.77. The number of furan rings is 1. The molecule has 1 N–H and O–H groups in total. The molecular weight excluding hydrogens is 364 g/mol. The number of fused-ring (bicyclic) bond motifs is 1. The maximum atomic E-state index is 12.1. The zero-order valence-corrected chi connectivity index (χ0v) is 15.3. The van der Waals surface area contributed by atoms with Crippen molar-refractivity contribution < 1.29 is 13.7 Å². The maximum Gasteiger partial charge on any atom is 0.226 e. The minimum Gasteiger partial charge on any atom is -0.461 e. The molecule has 1 aromatic carbocycles. The molecule has 1 amide bonds. The van der Waals surface area contributed by atoms with Crippen LogP contribution in [0, 0.1) is 6.92 Å². The fourth-order valence-corrected chi connectivity index (χ4v) is 3.50.